The largest absolute Gasteiger partial charge is 0.487 e. The molecule has 1 heterocycles. The van der Waals surface area contributed by atoms with E-state index in [1.165, 1.54) is 18.2 Å². The molecule has 2 aromatic rings. The molecule has 0 atom stereocenters. The van der Waals surface area contributed by atoms with Crippen molar-refractivity contribution in [1.82, 2.24) is 4.98 Å². The summed E-state index contributed by atoms with van der Waals surface area (Å²) in [5, 5.41) is 9.16. The van der Waals surface area contributed by atoms with E-state index < -0.39 is 5.82 Å². The van der Waals surface area contributed by atoms with Crippen LogP contribution in [0.25, 0.3) is 0 Å². The number of rotatable bonds is 3. The molecule has 0 unspecified atom stereocenters. The first kappa shape index (κ1) is 12.3. The fourth-order valence-corrected chi connectivity index (χ4v) is 1.54. The van der Waals surface area contributed by atoms with Gasteiger partial charge in [0.05, 0.1) is 11.3 Å². The Morgan fingerprint density at radius 2 is 2.17 bits per heavy atom. The third-order valence-electron chi connectivity index (χ3n) is 2.23. The highest BCUT2D eigenvalue weighted by Crippen LogP contribution is 2.17. The van der Waals surface area contributed by atoms with Gasteiger partial charge in [-0.3, -0.25) is 4.98 Å². The molecule has 90 valence electrons. The molecule has 3 nitrogen and oxygen atoms in total. The third kappa shape index (κ3) is 2.96. The van der Waals surface area contributed by atoms with Crippen LogP contribution in [0, 0.1) is 17.1 Å². The average molecular weight is 263 g/mol. The van der Waals surface area contributed by atoms with E-state index in [-0.39, 0.29) is 12.2 Å². The van der Waals surface area contributed by atoms with Crippen LogP contribution in [0.1, 0.15) is 11.3 Å². The molecule has 1 aromatic heterocycles. The molecule has 0 spiro atoms. The van der Waals surface area contributed by atoms with E-state index in [4.69, 9.17) is 21.6 Å². The van der Waals surface area contributed by atoms with E-state index in [0.717, 1.165) is 0 Å². The molecule has 0 fully saturated rings. The first-order chi connectivity index (χ1) is 8.69. The molecule has 0 aliphatic rings. The van der Waals surface area contributed by atoms with Gasteiger partial charge < -0.3 is 4.74 Å². The van der Waals surface area contributed by atoms with Crippen LogP contribution in [-0.2, 0) is 6.61 Å². The number of ether oxygens (including phenoxy) is 1. The van der Waals surface area contributed by atoms with Crippen LogP contribution in [-0.4, -0.2) is 4.98 Å². The summed E-state index contributed by atoms with van der Waals surface area (Å²) >= 11 is 5.80. The smallest absolute Gasteiger partial charge is 0.144 e. The first-order valence-electron chi connectivity index (χ1n) is 5.12. The molecular formula is C13H8ClFN2O. The van der Waals surface area contributed by atoms with E-state index in [1.807, 2.05) is 0 Å². The van der Waals surface area contributed by atoms with Crippen LogP contribution in [0.2, 0.25) is 5.02 Å². The minimum absolute atomic E-state index is 0.0109. The Labute approximate surface area is 108 Å². The highest BCUT2D eigenvalue weighted by Gasteiger charge is 2.04. The van der Waals surface area contributed by atoms with Crippen molar-refractivity contribution in [2.24, 2.45) is 0 Å². The van der Waals surface area contributed by atoms with Crippen LogP contribution < -0.4 is 4.74 Å². The van der Waals surface area contributed by atoms with E-state index in [9.17, 15) is 4.39 Å². The maximum atomic E-state index is 13.3. The summed E-state index contributed by atoms with van der Waals surface area (Å²) in [6.45, 7) is 0.186. The second-order valence-corrected chi connectivity index (χ2v) is 3.94. The number of halogens is 2. The van der Waals surface area contributed by atoms with Gasteiger partial charge in [0.2, 0.25) is 0 Å². The molecule has 0 saturated carbocycles. The Kier molecular flexibility index (Phi) is 3.75. The van der Waals surface area contributed by atoms with Gasteiger partial charge in [-0.2, -0.15) is 5.26 Å². The standard InChI is InChI=1S/C13H8ClFN2O/c14-10-3-4-17-11(5-10)8-18-12-2-1-9(7-16)13(15)6-12/h1-6H,8H2. The summed E-state index contributed by atoms with van der Waals surface area (Å²) in [6, 6.07) is 9.15. The fraction of sp³-hybridized carbons (Fsp3) is 0.0769. The second-order valence-electron chi connectivity index (χ2n) is 3.51. The molecule has 1 aromatic carbocycles. The monoisotopic (exact) mass is 262 g/mol. The number of hydrogen-bond acceptors (Lipinski definition) is 3. The average Bonchev–Trinajstić information content (AvgIpc) is 2.37. The van der Waals surface area contributed by atoms with E-state index >= 15 is 0 Å². The predicted octanol–water partition coefficient (Wildman–Crippen LogP) is 3.32. The van der Waals surface area contributed by atoms with Crippen molar-refractivity contribution in [2.75, 3.05) is 0 Å². The summed E-state index contributed by atoms with van der Waals surface area (Å²) < 4.78 is 18.7. The number of nitriles is 1. The van der Waals surface area contributed by atoms with Crippen LogP contribution >= 0.6 is 11.6 Å². The Balaban J connectivity index is 2.07. The zero-order chi connectivity index (χ0) is 13.0. The highest BCUT2D eigenvalue weighted by atomic mass is 35.5. The molecule has 0 bridgehead atoms. The van der Waals surface area contributed by atoms with Crippen LogP contribution in [0.3, 0.4) is 0 Å². The molecule has 0 amide bonds. The quantitative estimate of drug-likeness (QED) is 0.852. The fourth-order valence-electron chi connectivity index (χ4n) is 1.36. The normalized spacial score (nSPS) is 9.83. The van der Waals surface area contributed by atoms with Gasteiger partial charge in [0.1, 0.15) is 24.2 Å². The predicted molar refractivity (Wildman–Crippen MR) is 64.7 cm³/mol. The topological polar surface area (TPSA) is 45.9 Å². The highest BCUT2D eigenvalue weighted by molar-refractivity contribution is 6.30. The Morgan fingerprint density at radius 1 is 1.33 bits per heavy atom. The van der Waals surface area contributed by atoms with Crippen molar-refractivity contribution >= 4 is 11.6 Å². The Morgan fingerprint density at radius 3 is 2.83 bits per heavy atom. The molecule has 18 heavy (non-hydrogen) atoms. The van der Waals surface area contributed by atoms with Gasteiger partial charge in [-0.05, 0) is 24.3 Å². The zero-order valence-corrected chi connectivity index (χ0v) is 9.99. The number of hydrogen-bond donors (Lipinski definition) is 0. The summed E-state index contributed by atoms with van der Waals surface area (Å²) in [6.07, 6.45) is 1.57. The lowest BCUT2D eigenvalue weighted by Gasteiger charge is -2.06. The van der Waals surface area contributed by atoms with Gasteiger partial charge in [0.25, 0.3) is 0 Å². The molecular weight excluding hydrogens is 255 g/mol. The zero-order valence-electron chi connectivity index (χ0n) is 9.23. The van der Waals surface area contributed by atoms with Crippen LogP contribution in [0.4, 0.5) is 4.39 Å². The SMILES string of the molecule is N#Cc1ccc(OCc2cc(Cl)ccn2)cc1F. The maximum Gasteiger partial charge on any atom is 0.144 e. The van der Waals surface area contributed by atoms with Crippen LogP contribution in [0.5, 0.6) is 5.75 Å². The van der Waals surface area contributed by atoms with Crippen molar-refractivity contribution in [3.8, 4) is 11.8 Å². The molecule has 5 heteroatoms. The van der Waals surface area contributed by atoms with Gasteiger partial charge in [-0.15, -0.1) is 0 Å². The Bertz CT molecular complexity index is 610. The van der Waals surface area contributed by atoms with Crippen molar-refractivity contribution in [1.29, 1.82) is 5.26 Å². The lowest BCUT2D eigenvalue weighted by Crippen LogP contribution is -1.98. The van der Waals surface area contributed by atoms with Gasteiger partial charge in [-0.25, -0.2) is 4.39 Å². The maximum absolute atomic E-state index is 13.3. The Hall–Kier alpha value is -2.12. The number of benzene rings is 1. The minimum Gasteiger partial charge on any atom is -0.487 e. The summed E-state index contributed by atoms with van der Waals surface area (Å²) in [4.78, 5) is 4.06. The van der Waals surface area contributed by atoms with E-state index in [0.29, 0.717) is 16.5 Å². The van der Waals surface area contributed by atoms with Crippen LogP contribution in [0.15, 0.2) is 36.5 Å². The number of aromatic nitrogens is 1. The summed E-state index contributed by atoms with van der Waals surface area (Å²) in [7, 11) is 0. The lowest BCUT2D eigenvalue weighted by molar-refractivity contribution is 0.299. The van der Waals surface area contributed by atoms with Gasteiger partial charge in [-0.1, -0.05) is 11.6 Å². The number of nitrogens with zero attached hydrogens (tertiary/aromatic N) is 2. The number of pyridine rings is 1. The van der Waals surface area contributed by atoms with Gasteiger partial charge in [0, 0.05) is 17.3 Å². The van der Waals surface area contributed by atoms with E-state index in [1.54, 1.807) is 24.4 Å². The van der Waals surface area contributed by atoms with Crippen molar-refractivity contribution < 1.29 is 9.13 Å². The van der Waals surface area contributed by atoms with Gasteiger partial charge in [0.15, 0.2) is 0 Å². The molecule has 0 saturated heterocycles. The molecule has 0 aliphatic carbocycles. The third-order valence-corrected chi connectivity index (χ3v) is 2.46. The summed E-state index contributed by atoms with van der Waals surface area (Å²) in [5.41, 5.74) is 0.635. The van der Waals surface area contributed by atoms with Crippen molar-refractivity contribution in [2.45, 2.75) is 6.61 Å². The molecule has 0 radical (unpaired) electrons. The van der Waals surface area contributed by atoms with E-state index in [2.05, 4.69) is 4.98 Å². The van der Waals surface area contributed by atoms with Crippen molar-refractivity contribution in [3.05, 3.63) is 58.6 Å². The first-order valence-corrected chi connectivity index (χ1v) is 5.50. The summed E-state index contributed by atoms with van der Waals surface area (Å²) in [5.74, 6) is -0.262. The minimum atomic E-state index is -0.603. The van der Waals surface area contributed by atoms with Crippen molar-refractivity contribution in [3.63, 3.8) is 0 Å². The molecule has 2 rings (SSSR count). The van der Waals surface area contributed by atoms with Gasteiger partial charge >= 0.3 is 0 Å². The molecule has 0 N–H and O–H groups in total. The second kappa shape index (κ2) is 5.48. The lowest BCUT2D eigenvalue weighted by atomic mass is 10.2. The molecule has 0 aliphatic heterocycles.